The Labute approximate surface area is 153 Å². The maximum Gasteiger partial charge on any atom is 0.408 e. The van der Waals surface area contributed by atoms with Crippen LogP contribution in [-0.4, -0.2) is 34.1 Å². The van der Waals surface area contributed by atoms with E-state index in [0.717, 1.165) is 11.1 Å². The predicted octanol–water partition coefficient (Wildman–Crippen LogP) is 4.38. The van der Waals surface area contributed by atoms with E-state index in [1.54, 1.807) is 6.08 Å². The third kappa shape index (κ3) is 3.20. The fraction of sp³-hybridized carbons (Fsp3) is 0.238. The number of carbonyl (C=O) groups excluding carboxylic acids is 1. The summed E-state index contributed by atoms with van der Waals surface area (Å²) in [7, 11) is 0. The monoisotopic (exact) mass is 350 g/mol. The number of benzene rings is 2. The van der Waals surface area contributed by atoms with Gasteiger partial charge in [-0.05, 0) is 30.9 Å². The second-order valence-electron chi connectivity index (χ2n) is 6.43. The molecule has 2 aromatic carbocycles. The fourth-order valence-electron chi connectivity index (χ4n) is 3.64. The summed E-state index contributed by atoms with van der Waals surface area (Å²) in [4.78, 5) is 26.1. The van der Waals surface area contributed by atoms with Crippen LogP contribution in [0.25, 0.3) is 11.1 Å². The summed E-state index contributed by atoms with van der Waals surface area (Å²) in [5, 5.41) is 12.5. The zero-order valence-electron chi connectivity index (χ0n) is 14.5. The van der Waals surface area contributed by atoms with Gasteiger partial charge < -0.3 is 10.4 Å². The summed E-state index contributed by atoms with van der Waals surface area (Å²) in [5.41, 5.74) is 1.46. The van der Waals surface area contributed by atoms with Crippen LogP contribution in [0.3, 0.4) is 0 Å². The molecule has 3 rings (SSSR count). The van der Waals surface area contributed by atoms with Crippen molar-refractivity contribution in [3.05, 3.63) is 67.3 Å². The minimum atomic E-state index is -1.10. The van der Waals surface area contributed by atoms with Crippen LogP contribution in [0.1, 0.15) is 19.3 Å². The molecule has 134 valence electrons. The van der Waals surface area contributed by atoms with Crippen LogP contribution in [0.5, 0.6) is 0 Å². The van der Waals surface area contributed by atoms with E-state index in [-0.39, 0.29) is 5.91 Å². The van der Waals surface area contributed by atoms with Crippen LogP contribution < -0.4 is 5.32 Å². The van der Waals surface area contributed by atoms with Crippen molar-refractivity contribution in [2.24, 2.45) is 0 Å². The molecule has 5 heteroatoms. The standard InChI is InChI=1S/C21H22N2O3/c1-2-13-21(14-8-15-23(21)20(25)26)19(24)22-18-12-7-6-11-17(18)16-9-4-3-5-10-16/h2-7,9-12H,1,8,13-15H2,(H,22,24)(H,25,26)/t21-/m0/s1. The van der Waals surface area contributed by atoms with Crippen molar-refractivity contribution < 1.29 is 14.7 Å². The van der Waals surface area contributed by atoms with Gasteiger partial charge in [-0.3, -0.25) is 9.69 Å². The average molecular weight is 350 g/mol. The van der Waals surface area contributed by atoms with Crippen molar-refractivity contribution in [1.82, 2.24) is 4.90 Å². The molecule has 0 saturated carbocycles. The van der Waals surface area contributed by atoms with Crippen molar-refractivity contribution >= 4 is 17.7 Å². The van der Waals surface area contributed by atoms with Gasteiger partial charge in [0, 0.05) is 17.8 Å². The first-order valence-electron chi connectivity index (χ1n) is 8.66. The molecule has 5 nitrogen and oxygen atoms in total. The highest BCUT2D eigenvalue weighted by Gasteiger charge is 2.49. The Morgan fingerprint density at radius 2 is 1.85 bits per heavy atom. The summed E-state index contributed by atoms with van der Waals surface area (Å²) >= 11 is 0. The number of rotatable bonds is 5. The summed E-state index contributed by atoms with van der Waals surface area (Å²) < 4.78 is 0. The van der Waals surface area contributed by atoms with Gasteiger partial charge in [-0.1, -0.05) is 54.6 Å². The van der Waals surface area contributed by atoms with Gasteiger partial charge in [0.15, 0.2) is 0 Å². The van der Waals surface area contributed by atoms with Gasteiger partial charge in [-0.2, -0.15) is 0 Å². The van der Waals surface area contributed by atoms with Crippen LogP contribution in [0, 0.1) is 0 Å². The largest absolute Gasteiger partial charge is 0.465 e. The van der Waals surface area contributed by atoms with Crippen LogP contribution in [0.2, 0.25) is 0 Å². The molecule has 0 aliphatic carbocycles. The lowest BCUT2D eigenvalue weighted by Gasteiger charge is -2.34. The van der Waals surface area contributed by atoms with Gasteiger partial charge in [-0.25, -0.2) is 4.79 Å². The number of anilines is 1. The Morgan fingerprint density at radius 1 is 1.15 bits per heavy atom. The lowest BCUT2D eigenvalue weighted by atomic mass is 9.90. The Balaban J connectivity index is 1.94. The van der Waals surface area contributed by atoms with Gasteiger partial charge in [0.05, 0.1) is 0 Å². The van der Waals surface area contributed by atoms with Crippen LogP contribution >= 0.6 is 0 Å². The Morgan fingerprint density at radius 3 is 2.54 bits per heavy atom. The second-order valence-corrected chi connectivity index (χ2v) is 6.43. The fourth-order valence-corrected chi connectivity index (χ4v) is 3.64. The number of nitrogens with one attached hydrogen (secondary N) is 1. The normalized spacial score (nSPS) is 19.2. The molecule has 0 aromatic heterocycles. The number of nitrogens with zero attached hydrogens (tertiary/aromatic N) is 1. The van der Waals surface area contributed by atoms with Gasteiger partial charge in [0.25, 0.3) is 5.91 Å². The van der Waals surface area contributed by atoms with E-state index in [9.17, 15) is 14.7 Å². The maximum atomic E-state index is 13.2. The highest BCUT2D eigenvalue weighted by atomic mass is 16.4. The summed E-state index contributed by atoms with van der Waals surface area (Å²) in [6.07, 6.45) is 1.98. The third-order valence-corrected chi connectivity index (χ3v) is 4.88. The number of hydrogen-bond donors (Lipinski definition) is 2. The molecular formula is C21H22N2O3. The lowest BCUT2D eigenvalue weighted by Crippen LogP contribution is -2.54. The minimum Gasteiger partial charge on any atom is -0.465 e. The van der Waals surface area contributed by atoms with Gasteiger partial charge in [0.1, 0.15) is 5.54 Å². The smallest absolute Gasteiger partial charge is 0.408 e. The average Bonchev–Trinajstić information content (AvgIpc) is 3.08. The predicted molar refractivity (Wildman–Crippen MR) is 102 cm³/mol. The van der Waals surface area contributed by atoms with Crippen molar-refractivity contribution in [3.63, 3.8) is 0 Å². The molecule has 0 unspecified atom stereocenters. The van der Waals surface area contributed by atoms with E-state index < -0.39 is 11.6 Å². The highest BCUT2D eigenvalue weighted by Crippen LogP contribution is 2.36. The number of hydrogen-bond acceptors (Lipinski definition) is 2. The second kappa shape index (κ2) is 7.44. The van der Waals surface area contributed by atoms with E-state index in [4.69, 9.17) is 0 Å². The molecular weight excluding hydrogens is 328 g/mol. The van der Waals surface area contributed by atoms with Crippen LogP contribution in [-0.2, 0) is 4.79 Å². The van der Waals surface area contributed by atoms with Gasteiger partial charge >= 0.3 is 6.09 Å². The molecule has 0 bridgehead atoms. The number of carbonyl (C=O) groups is 2. The summed E-state index contributed by atoms with van der Waals surface area (Å²) in [6, 6.07) is 17.3. The van der Waals surface area contributed by atoms with E-state index in [0.29, 0.717) is 31.5 Å². The zero-order chi connectivity index (χ0) is 18.6. The van der Waals surface area contributed by atoms with Crippen molar-refractivity contribution in [2.45, 2.75) is 24.8 Å². The number of para-hydroxylation sites is 1. The van der Waals surface area contributed by atoms with E-state index in [2.05, 4.69) is 11.9 Å². The molecule has 2 N–H and O–H groups in total. The van der Waals surface area contributed by atoms with Crippen molar-refractivity contribution in [2.75, 3.05) is 11.9 Å². The van der Waals surface area contributed by atoms with E-state index >= 15 is 0 Å². The molecule has 0 spiro atoms. The van der Waals surface area contributed by atoms with Crippen molar-refractivity contribution in [1.29, 1.82) is 0 Å². The number of carboxylic acid groups (broad SMARTS) is 1. The SMILES string of the molecule is C=CC[C@@]1(C(=O)Nc2ccccc2-c2ccccc2)CCCN1C(=O)O. The molecule has 1 fully saturated rings. The van der Waals surface area contributed by atoms with Crippen LogP contribution in [0.15, 0.2) is 67.3 Å². The first-order valence-corrected chi connectivity index (χ1v) is 8.66. The lowest BCUT2D eigenvalue weighted by molar-refractivity contribution is -0.125. The molecule has 1 aliphatic rings. The quantitative estimate of drug-likeness (QED) is 0.786. The molecule has 26 heavy (non-hydrogen) atoms. The Hall–Kier alpha value is -3.08. The Bertz CT molecular complexity index is 819. The van der Waals surface area contributed by atoms with E-state index in [1.807, 2.05) is 54.6 Å². The summed E-state index contributed by atoms with van der Waals surface area (Å²) in [5.74, 6) is -0.305. The maximum absolute atomic E-state index is 13.2. The van der Waals surface area contributed by atoms with Gasteiger partial charge in [0.2, 0.25) is 0 Å². The molecule has 1 atom stereocenters. The van der Waals surface area contributed by atoms with E-state index in [1.165, 1.54) is 4.90 Å². The minimum absolute atomic E-state index is 0.290. The van der Waals surface area contributed by atoms with Crippen molar-refractivity contribution in [3.8, 4) is 11.1 Å². The summed E-state index contributed by atoms with van der Waals surface area (Å²) in [6.45, 7) is 4.08. The third-order valence-electron chi connectivity index (χ3n) is 4.88. The molecule has 1 aliphatic heterocycles. The Kier molecular flexibility index (Phi) is 5.07. The van der Waals surface area contributed by atoms with Crippen LogP contribution in [0.4, 0.5) is 10.5 Å². The number of amides is 2. The number of likely N-dealkylation sites (tertiary alicyclic amines) is 1. The van der Waals surface area contributed by atoms with Gasteiger partial charge in [-0.15, -0.1) is 6.58 Å². The first kappa shape index (κ1) is 17.7. The molecule has 0 radical (unpaired) electrons. The molecule has 1 saturated heterocycles. The topological polar surface area (TPSA) is 69.6 Å². The molecule has 2 aromatic rings. The molecule has 1 heterocycles. The first-order chi connectivity index (χ1) is 12.6. The molecule has 2 amide bonds. The highest BCUT2D eigenvalue weighted by molar-refractivity contribution is 6.02. The zero-order valence-corrected chi connectivity index (χ0v) is 14.5.